The van der Waals surface area contributed by atoms with Crippen molar-refractivity contribution in [3.05, 3.63) is 77.5 Å². The van der Waals surface area contributed by atoms with Crippen molar-refractivity contribution in [3.8, 4) is 16.9 Å². The molecule has 0 atom stereocenters. The molecule has 7 nitrogen and oxygen atoms in total. The van der Waals surface area contributed by atoms with E-state index in [2.05, 4.69) is 17.2 Å². The van der Waals surface area contributed by atoms with E-state index in [1.165, 1.54) is 0 Å². The van der Waals surface area contributed by atoms with E-state index >= 15 is 0 Å². The number of nitrogens with zero attached hydrogens (tertiary/aromatic N) is 3. The SMILES string of the molecule is CCCCn1cnc2c(-c3ccccc3)cn(CC(=O)Nc3ccc(OC)cc3)c2c1=O. The van der Waals surface area contributed by atoms with Gasteiger partial charge in [0.1, 0.15) is 23.3 Å². The van der Waals surface area contributed by atoms with E-state index in [-0.39, 0.29) is 18.0 Å². The lowest BCUT2D eigenvalue weighted by Gasteiger charge is -2.09. The number of methoxy groups -OCH3 is 1. The zero-order valence-electron chi connectivity index (χ0n) is 18.2. The summed E-state index contributed by atoms with van der Waals surface area (Å²) >= 11 is 0. The maximum atomic E-state index is 13.3. The maximum absolute atomic E-state index is 13.3. The van der Waals surface area contributed by atoms with Crippen LogP contribution in [0, 0.1) is 0 Å². The Morgan fingerprint density at radius 2 is 1.81 bits per heavy atom. The van der Waals surface area contributed by atoms with Gasteiger partial charge in [-0.25, -0.2) is 4.98 Å². The van der Waals surface area contributed by atoms with Gasteiger partial charge in [-0.05, 0) is 36.2 Å². The second-order valence-electron chi connectivity index (χ2n) is 7.61. The zero-order chi connectivity index (χ0) is 22.5. The number of hydrogen-bond acceptors (Lipinski definition) is 4. The molecule has 0 radical (unpaired) electrons. The molecule has 2 heterocycles. The van der Waals surface area contributed by atoms with Crippen molar-refractivity contribution < 1.29 is 9.53 Å². The van der Waals surface area contributed by atoms with Gasteiger partial charge in [-0.1, -0.05) is 43.7 Å². The number of rotatable bonds is 8. The van der Waals surface area contributed by atoms with E-state index in [1.54, 1.807) is 46.8 Å². The van der Waals surface area contributed by atoms with Crippen LogP contribution in [0.3, 0.4) is 0 Å². The number of carbonyl (C=O) groups excluding carboxylic acids is 1. The largest absolute Gasteiger partial charge is 0.497 e. The smallest absolute Gasteiger partial charge is 0.277 e. The van der Waals surface area contributed by atoms with Gasteiger partial charge in [-0.2, -0.15) is 0 Å². The lowest BCUT2D eigenvalue weighted by atomic mass is 10.1. The van der Waals surface area contributed by atoms with Crippen LogP contribution in [-0.4, -0.2) is 27.1 Å². The van der Waals surface area contributed by atoms with Crippen LogP contribution in [0.4, 0.5) is 5.69 Å². The van der Waals surface area contributed by atoms with Crippen molar-refractivity contribution in [1.82, 2.24) is 14.1 Å². The molecule has 1 N–H and O–H groups in total. The highest BCUT2D eigenvalue weighted by Gasteiger charge is 2.18. The lowest BCUT2D eigenvalue weighted by Crippen LogP contribution is -2.25. The Morgan fingerprint density at radius 3 is 2.50 bits per heavy atom. The minimum absolute atomic E-state index is 0.00404. The number of aryl methyl sites for hydroxylation is 1. The summed E-state index contributed by atoms with van der Waals surface area (Å²) in [5, 5.41) is 2.88. The molecule has 0 aliphatic heterocycles. The van der Waals surface area contributed by atoms with Gasteiger partial charge in [0.05, 0.1) is 13.4 Å². The van der Waals surface area contributed by atoms with Gasteiger partial charge in [-0.3, -0.25) is 14.2 Å². The number of benzene rings is 2. The number of carbonyl (C=O) groups is 1. The number of hydrogen-bond donors (Lipinski definition) is 1. The van der Waals surface area contributed by atoms with Crippen LogP contribution in [0.1, 0.15) is 19.8 Å². The van der Waals surface area contributed by atoms with Gasteiger partial charge in [0.2, 0.25) is 5.91 Å². The van der Waals surface area contributed by atoms with Crippen LogP contribution < -0.4 is 15.6 Å². The van der Waals surface area contributed by atoms with Crippen molar-refractivity contribution in [2.75, 3.05) is 12.4 Å². The molecule has 2 aromatic carbocycles. The molecule has 2 aromatic heterocycles. The third-order valence-corrected chi connectivity index (χ3v) is 5.37. The highest BCUT2D eigenvalue weighted by molar-refractivity contribution is 5.95. The topological polar surface area (TPSA) is 78.2 Å². The number of aromatic nitrogens is 3. The summed E-state index contributed by atoms with van der Waals surface area (Å²) in [4.78, 5) is 30.7. The van der Waals surface area contributed by atoms with E-state index in [9.17, 15) is 9.59 Å². The summed E-state index contributed by atoms with van der Waals surface area (Å²) in [5.41, 5.74) is 3.35. The Balaban J connectivity index is 1.71. The molecule has 0 aliphatic rings. The first-order valence-electron chi connectivity index (χ1n) is 10.7. The average Bonchev–Trinajstić information content (AvgIpc) is 3.18. The third kappa shape index (κ3) is 4.42. The molecule has 4 aromatic rings. The second kappa shape index (κ2) is 9.51. The van der Waals surface area contributed by atoms with Crippen LogP contribution >= 0.6 is 0 Å². The fourth-order valence-electron chi connectivity index (χ4n) is 3.69. The van der Waals surface area contributed by atoms with Crippen molar-refractivity contribution in [3.63, 3.8) is 0 Å². The molecule has 32 heavy (non-hydrogen) atoms. The van der Waals surface area contributed by atoms with E-state index in [0.29, 0.717) is 29.0 Å². The molecule has 0 spiro atoms. The van der Waals surface area contributed by atoms with Gasteiger partial charge in [0.25, 0.3) is 5.56 Å². The van der Waals surface area contributed by atoms with Crippen molar-refractivity contribution in [2.45, 2.75) is 32.9 Å². The van der Waals surface area contributed by atoms with Crippen molar-refractivity contribution in [1.29, 1.82) is 0 Å². The monoisotopic (exact) mass is 430 g/mol. The lowest BCUT2D eigenvalue weighted by molar-refractivity contribution is -0.116. The number of unbranched alkanes of at least 4 members (excludes halogenated alkanes) is 1. The Morgan fingerprint density at radius 1 is 1.06 bits per heavy atom. The molecular weight excluding hydrogens is 404 g/mol. The summed E-state index contributed by atoms with van der Waals surface area (Å²) < 4.78 is 8.48. The molecule has 4 rings (SSSR count). The predicted molar refractivity (Wildman–Crippen MR) is 126 cm³/mol. The Kier molecular flexibility index (Phi) is 6.35. The van der Waals surface area contributed by atoms with E-state index < -0.39 is 0 Å². The molecule has 0 fully saturated rings. The molecule has 164 valence electrons. The van der Waals surface area contributed by atoms with Crippen LogP contribution in [0.15, 0.2) is 71.9 Å². The highest BCUT2D eigenvalue weighted by Crippen LogP contribution is 2.27. The molecule has 0 saturated carbocycles. The van der Waals surface area contributed by atoms with Crippen LogP contribution in [-0.2, 0) is 17.9 Å². The summed E-state index contributed by atoms with van der Waals surface area (Å²) in [5.74, 6) is 0.487. The van der Waals surface area contributed by atoms with Gasteiger partial charge in [0, 0.05) is 24.0 Å². The summed E-state index contributed by atoms with van der Waals surface area (Å²) in [6, 6.07) is 16.9. The van der Waals surface area contributed by atoms with E-state index in [0.717, 1.165) is 24.0 Å². The van der Waals surface area contributed by atoms with Gasteiger partial charge >= 0.3 is 0 Å². The zero-order valence-corrected chi connectivity index (χ0v) is 18.2. The molecule has 1 amide bonds. The van der Waals surface area contributed by atoms with Crippen molar-refractivity contribution in [2.24, 2.45) is 0 Å². The molecule has 7 heteroatoms. The van der Waals surface area contributed by atoms with Crippen LogP contribution in [0.2, 0.25) is 0 Å². The standard InChI is InChI=1S/C25H26N4O3/c1-3-4-14-28-17-26-23-21(18-8-6-5-7-9-18)15-29(24(23)25(28)31)16-22(30)27-19-10-12-20(32-2)13-11-19/h5-13,15,17H,3-4,14,16H2,1-2H3,(H,27,30). The fourth-order valence-corrected chi connectivity index (χ4v) is 3.69. The number of fused-ring (bicyclic) bond motifs is 1. The molecular formula is C25H26N4O3. The minimum Gasteiger partial charge on any atom is -0.497 e. The average molecular weight is 431 g/mol. The normalized spacial score (nSPS) is 10.9. The Hall–Kier alpha value is -3.87. The quantitative estimate of drug-likeness (QED) is 0.452. The highest BCUT2D eigenvalue weighted by atomic mass is 16.5. The first kappa shape index (κ1) is 21.4. The van der Waals surface area contributed by atoms with E-state index in [1.807, 2.05) is 36.5 Å². The third-order valence-electron chi connectivity index (χ3n) is 5.37. The van der Waals surface area contributed by atoms with Crippen LogP contribution in [0.25, 0.3) is 22.2 Å². The number of ether oxygens (including phenoxy) is 1. The molecule has 0 unspecified atom stereocenters. The van der Waals surface area contributed by atoms with Gasteiger partial charge in [0.15, 0.2) is 0 Å². The maximum Gasteiger partial charge on any atom is 0.277 e. The second-order valence-corrected chi connectivity index (χ2v) is 7.61. The van der Waals surface area contributed by atoms with E-state index in [4.69, 9.17) is 4.74 Å². The molecule has 0 aliphatic carbocycles. The molecule has 0 saturated heterocycles. The summed E-state index contributed by atoms with van der Waals surface area (Å²) in [6.07, 6.45) is 5.31. The Bertz CT molecular complexity index is 1270. The number of anilines is 1. The first-order valence-corrected chi connectivity index (χ1v) is 10.7. The minimum atomic E-state index is -0.227. The first-order chi connectivity index (χ1) is 15.6. The number of amides is 1. The van der Waals surface area contributed by atoms with Gasteiger partial charge in [-0.15, -0.1) is 0 Å². The number of nitrogens with one attached hydrogen (secondary N) is 1. The van der Waals surface area contributed by atoms with Crippen LogP contribution in [0.5, 0.6) is 5.75 Å². The van der Waals surface area contributed by atoms with Crippen molar-refractivity contribution >= 4 is 22.6 Å². The van der Waals surface area contributed by atoms with Gasteiger partial charge < -0.3 is 14.6 Å². The Labute approximate surface area is 186 Å². The fraction of sp³-hybridized carbons (Fsp3) is 0.240. The predicted octanol–water partition coefficient (Wildman–Crippen LogP) is 4.31. The molecule has 0 bridgehead atoms. The summed E-state index contributed by atoms with van der Waals surface area (Å²) in [6.45, 7) is 2.68. The summed E-state index contributed by atoms with van der Waals surface area (Å²) in [7, 11) is 1.59.